The average molecular weight is 265 g/mol. The fourth-order valence-corrected chi connectivity index (χ4v) is 3.19. The van der Waals surface area contributed by atoms with Crippen LogP contribution in [0.25, 0.3) is 0 Å². The highest BCUT2D eigenvalue weighted by Gasteiger charge is 2.36. The molecule has 0 radical (unpaired) electrons. The molecule has 1 atom stereocenters. The summed E-state index contributed by atoms with van der Waals surface area (Å²) < 4.78 is 0. The number of carboxylic acids is 1. The molecule has 1 N–H and O–H groups in total. The van der Waals surface area contributed by atoms with Crippen molar-refractivity contribution < 1.29 is 14.7 Å². The van der Waals surface area contributed by atoms with Crippen LogP contribution in [-0.4, -0.2) is 34.2 Å². The minimum atomic E-state index is -0.853. The van der Waals surface area contributed by atoms with E-state index in [-0.39, 0.29) is 17.0 Å². The summed E-state index contributed by atoms with van der Waals surface area (Å²) >= 11 is 1.29. The minimum Gasteiger partial charge on any atom is -0.481 e. The van der Waals surface area contributed by atoms with Gasteiger partial charge in [0.25, 0.3) is 5.91 Å². The zero-order valence-corrected chi connectivity index (χ0v) is 10.9. The van der Waals surface area contributed by atoms with E-state index in [0.29, 0.717) is 12.1 Å². The van der Waals surface area contributed by atoms with Crippen molar-refractivity contribution in [2.75, 3.05) is 12.3 Å². The van der Waals surface area contributed by atoms with Crippen molar-refractivity contribution in [3.05, 3.63) is 35.4 Å². The monoisotopic (exact) mass is 265 g/mol. The van der Waals surface area contributed by atoms with Crippen molar-refractivity contribution in [2.24, 2.45) is 0 Å². The van der Waals surface area contributed by atoms with Gasteiger partial charge in [-0.3, -0.25) is 9.59 Å². The second-order valence-electron chi connectivity index (χ2n) is 4.14. The lowest BCUT2D eigenvalue weighted by molar-refractivity contribution is -0.133. The van der Waals surface area contributed by atoms with Gasteiger partial charge in [0.1, 0.15) is 5.37 Å². The third-order valence-electron chi connectivity index (χ3n) is 2.83. The first-order valence-electron chi connectivity index (χ1n) is 5.88. The number of hydrogen-bond acceptors (Lipinski definition) is 3. The number of aliphatic carboxylic acids is 1. The standard InChI is InChI=1S/C13H15NO3S/c1-2-7-14-12(17)9-5-3-4-6-10(9)13(14)18-8-11(15)16/h3-6,13H,2,7-8H2,1H3,(H,15,16)/t13-/m1/s1. The Hall–Kier alpha value is -1.49. The van der Waals surface area contributed by atoms with Gasteiger partial charge in [-0.05, 0) is 18.1 Å². The fraction of sp³-hybridized carbons (Fsp3) is 0.385. The lowest BCUT2D eigenvalue weighted by Crippen LogP contribution is -2.27. The fourth-order valence-electron chi connectivity index (χ4n) is 2.13. The zero-order chi connectivity index (χ0) is 13.1. The number of hydrogen-bond donors (Lipinski definition) is 1. The van der Waals surface area contributed by atoms with Crippen LogP contribution >= 0.6 is 11.8 Å². The molecule has 1 amide bonds. The summed E-state index contributed by atoms with van der Waals surface area (Å²) in [5.74, 6) is -0.837. The summed E-state index contributed by atoms with van der Waals surface area (Å²) in [6, 6.07) is 7.44. The molecule has 1 aromatic carbocycles. The predicted octanol–water partition coefficient (Wildman–Crippen LogP) is 2.37. The largest absolute Gasteiger partial charge is 0.481 e. The third-order valence-corrected chi connectivity index (χ3v) is 4.07. The van der Waals surface area contributed by atoms with E-state index in [1.165, 1.54) is 11.8 Å². The Morgan fingerprint density at radius 3 is 2.83 bits per heavy atom. The van der Waals surface area contributed by atoms with Gasteiger partial charge < -0.3 is 10.0 Å². The Kier molecular flexibility index (Phi) is 3.91. The molecule has 4 nitrogen and oxygen atoms in total. The number of carbonyl (C=O) groups is 2. The predicted molar refractivity (Wildman–Crippen MR) is 70.6 cm³/mol. The van der Waals surface area contributed by atoms with Gasteiger partial charge in [0.05, 0.1) is 5.75 Å². The Labute approximate surface area is 110 Å². The van der Waals surface area contributed by atoms with E-state index < -0.39 is 5.97 Å². The number of amides is 1. The summed E-state index contributed by atoms with van der Waals surface area (Å²) in [5, 5.41) is 8.62. The third kappa shape index (κ3) is 2.36. The maximum absolute atomic E-state index is 12.2. The van der Waals surface area contributed by atoms with Crippen molar-refractivity contribution in [2.45, 2.75) is 18.7 Å². The molecule has 18 heavy (non-hydrogen) atoms. The molecule has 2 rings (SSSR count). The van der Waals surface area contributed by atoms with Gasteiger partial charge in [-0.2, -0.15) is 0 Å². The Morgan fingerprint density at radius 1 is 1.44 bits per heavy atom. The second kappa shape index (κ2) is 5.44. The molecule has 0 aliphatic carbocycles. The summed E-state index contributed by atoms with van der Waals surface area (Å²) in [6.45, 7) is 2.67. The van der Waals surface area contributed by atoms with Gasteiger partial charge in [-0.25, -0.2) is 0 Å². The molecule has 0 saturated carbocycles. The highest BCUT2D eigenvalue weighted by Crippen LogP contribution is 2.41. The van der Waals surface area contributed by atoms with E-state index in [1.807, 2.05) is 31.2 Å². The van der Waals surface area contributed by atoms with Gasteiger partial charge in [0, 0.05) is 12.1 Å². The van der Waals surface area contributed by atoms with Crippen LogP contribution in [0.5, 0.6) is 0 Å². The van der Waals surface area contributed by atoms with E-state index >= 15 is 0 Å². The van der Waals surface area contributed by atoms with Crippen LogP contribution < -0.4 is 0 Å². The van der Waals surface area contributed by atoms with E-state index in [1.54, 1.807) is 4.90 Å². The molecule has 0 aromatic heterocycles. The molecule has 0 unspecified atom stereocenters. The number of carboxylic acid groups (broad SMARTS) is 1. The zero-order valence-electron chi connectivity index (χ0n) is 10.1. The van der Waals surface area contributed by atoms with E-state index in [0.717, 1.165) is 12.0 Å². The number of thioether (sulfide) groups is 1. The molecule has 0 spiro atoms. The number of benzene rings is 1. The summed E-state index contributed by atoms with van der Waals surface area (Å²) in [5.41, 5.74) is 1.64. The molecule has 5 heteroatoms. The summed E-state index contributed by atoms with van der Waals surface area (Å²) in [6.07, 6.45) is 0.865. The first-order chi connectivity index (χ1) is 8.65. The van der Waals surface area contributed by atoms with Crippen LogP contribution in [0.4, 0.5) is 0 Å². The normalized spacial score (nSPS) is 17.9. The maximum atomic E-state index is 12.2. The average Bonchev–Trinajstić information content (AvgIpc) is 2.62. The first kappa shape index (κ1) is 13.0. The van der Waals surface area contributed by atoms with Crippen molar-refractivity contribution >= 4 is 23.6 Å². The van der Waals surface area contributed by atoms with Crippen LogP contribution in [0.15, 0.2) is 24.3 Å². The van der Waals surface area contributed by atoms with Crippen molar-refractivity contribution in [1.82, 2.24) is 4.90 Å². The molecule has 1 aromatic rings. The number of fused-ring (bicyclic) bond motifs is 1. The topological polar surface area (TPSA) is 57.6 Å². The summed E-state index contributed by atoms with van der Waals surface area (Å²) in [7, 11) is 0. The molecule has 0 bridgehead atoms. The minimum absolute atomic E-state index is 0.00644. The molecule has 1 aliphatic rings. The molecule has 1 heterocycles. The van der Waals surface area contributed by atoms with Gasteiger partial charge in [0.2, 0.25) is 0 Å². The number of carbonyl (C=O) groups excluding carboxylic acids is 1. The lowest BCUT2D eigenvalue weighted by atomic mass is 10.1. The molecule has 96 valence electrons. The quantitative estimate of drug-likeness (QED) is 0.888. The Morgan fingerprint density at radius 2 is 2.17 bits per heavy atom. The Bertz CT molecular complexity index is 475. The number of nitrogens with zero attached hydrogens (tertiary/aromatic N) is 1. The van der Waals surface area contributed by atoms with E-state index in [9.17, 15) is 9.59 Å². The van der Waals surface area contributed by atoms with Crippen molar-refractivity contribution in [1.29, 1.82) is 0 Å². The molecular weight excluding hydrogens is 250 g/mol. The Balaban J connectivity index is 2.27. The highest BCUT2D eigenvalue weighted by atomic mass is 32.2. The van der Waals surface area contributed by atoms with Gasteiger partial charge >= 0.3 is 5.97 Å². The highest BCUT2D eigenvalue weighted by molar-refractivity contribution is 8.00. The van der Waals surface area contributed by atoms with E-state index in [4.69, 9.17) is 5.11 Å². The molecule has 1 aliphatic heterocycles. The maximum Gasteiger partial charge on any atom is 0.313 e. The van der Waals surface area contributed by atoms with Crippen molar-refractivity contribution in [3.8, 4) is 0 Å². The first-order valence-corrected chi connectivity index (χ1v) is 6.93. The van der Waals surface area contributed by atoms with Crippen LogP contribution in [0.1, 0.15) is 34.6 Å². The SMILES string of the molecule is CCCN1C(=O)c2ccccc2[C@H]1SCC(=O)O. The van der Waals surface area contributed by atoms with Gasteiger partial charge in [-0.1, -0.05) is 25.1 Å². The molecule has 0 saturated heterocycles. The second-order valence-corrected chi connectivity index (χ2v) is 5.21. The van der Waals surface area contributed by atoms with Crippen LogP contribution in [0.3, 0.4) is 0 Å². The number of rotatable bonds is 5. The smallest absolute Gasteiger partial charge is 0.313 e. The van der Waals surface area contributed by atoms with E-state index in [2.05, 4.69) is 0 Å². The van der Waals surface area contributed by atoms with Gasteiger partial charge in [-0.15, -0.1) is 11.8 Å². The van der Waals surface area contributed by atoms with Crippen molar-refractivity contribution in [3.63, 3.8) is 0 Å². The van der Waals surface area contributed by atoms with Crippen LogP contribution in [-0.2, 0) is 4.79 Å². The van der Waals surface area contributed by atoms with Crippen LogP contribution in [0, 0.1) is 0 Å². The summed E-state index contributed by atoms with van der Waals surface area (Å²) in [4.78, 5) is 24.7. The molecule has 0 fully saturated rings. The van der Waals surface area contributed by atoms with Crippen LogP contribution in [0.2, 0.25) is 0 Å². The molecular formula is C13H15NO3S. The lowest BCUT2D eigenvalue weighted by Gasteiger charge is -2.23. The van der Waals surface area contributed by atoms with Gasteiger partial charge in [0.15, 0.2) is 0 Å².